The highest BCUT2D eigenvalue weighted by Gasteiger charge is 2.15. The molecule has 0 bridgehead atoms. The van der Waals surface area contributed by atoms with Crippen LogP contribution in [0.2, 0.25) is 0 Å². The molecule has 0 aliphatic carbocycles. The van der Waals surface area contributed by atoms with Gasteiger partial charge < -0.3 is 4.74 Å². The summed E-state index contributed by atoms with van der Waals surface area (Å²) in [6.07, 6.45) is 3.32. The molecular weight excluding hydrogens is 398 g/mol. The number of hydrogen-bond acceptors (Lipinski definition) is 4. The lowest BCUT2D eigenvalue weighted by Gasteiger charge is -2.11. The first-order valence-corrected chi connectivity index (χ1v) is 10.9. The molecule has 1 aliphatic rings. The fourth-order valence-electron chi connectivity index (χ4n) is 4.45. The molecule has 6 rings (SSSR count). The van der Waals surface area contributed by atoms with Gasteiger partial charge in [0.25, 0.3) is 5.56 Å². The van der Waals surface area contributed by atoms with Crippen LogP contribution < -0.4 is 10.3 Å². The second-order valence-electron chi connectivity index (χ2n) is 8.11. The largest absolute Gasteiger partial charge is 0.493 e. The minimum atomic E-state index is -0.0735. The molecule has 5 heteroatoms. The first-order valence-electron chi connectivity index (χ1n) is 10.9. The molecule has 0 spiro atoms. The smallest absolute Gasteiger partial charge is 0.275 e. The number of hydrogen-bond donors (Lipinski definition) is 0. The van der Waals surface area contributed by atoms with Crippen LogP contribution in [0.5, 0.6) is 5.75 Å². The maximum atomic E-state index is 13.4. The highest BCUT2D eigenvalue weighted by molar-refractivity contribution is 5.95. The molecule has 0 atom stereocenters. The van der Waals surface area contributed by atoms with Crippen molar-refractivity contribution in [2.24, 2.45) is 0 Å². The van der Waals surface area contributed by atoms with Gasteiger partial charge in [0.2, 0.25) is 0 Å². The first kappa shape index (κ1) is 18.8. The second kappa shape index (κ2) is 7.61. The minimum Gasteiger partial charge on any atom is -0.493 e. The maximum Gasteiger partial charge on any atom is 0.275 e. The van der Waals surface area contributed by atoms with Crippen LogP contribution in [0.4, 0.5) is 0 Å². The van der Waals surface area contributed by atoms with Gasteiger partial charge in [-0.05, 0) is 41.0 Å². The summed E-state index contributed by atoms with van der Waals surface area (Å²) in [4.78, 5) is 18.2. The van der Waals surface area contributed by atoms with Gasteiger partial charge in [0.05, 0.1) is 30.3 Å². The maximum absolute atomic E-state index is 13.4. The van der Waals surface area contributed by atoms with E-state index in [-0.39, 0.29) is 5.56 Å². The molecule has 0 amide bonds. The fourth-order valence-corrected chi connectivity index (χ4v) is 4.45. The number of nitrogens with zero attached hydrogens (tertiary/aromatic N) is 3. The predicted molar refractivity (Wildman–Crippen MR) is 126 cm³/mol. The van der Waals surface area contributed by atoms with Crippen molar-refractivity contribution >= 4 is 21.7 Å². The summed E-state index contributed by atoms with van der Waals surface area (Å²) in [6, 6.07) is 24.2. The van der Waals surface area contributed by atoms with E-state index in [1.165, 1.54) is 5.56 Å². The lowest BCUT2D eigenvalue weighted by Crippen LogP contribution is -2.24. The van der Waals surface area contributed by atoms with Crippen molar-refractivity contribution in [3.63, 3.8) is 0 Å². The van der Waals surface area contributed by atoms with Crippen LogP contribution in [0.15, 0.2) is 83.8 Å². The van der Waals surface area contributed by atoms with Crippen molar-refractivity contribution in [3.8, 4) is 16.9 Å². The predicted octanol–water partition coefficient (Wildman–Crippen LogP) is 4.79. The third-order valence-electron chi connectivity index (χ3n) is 6.12. The van der Waals surface area contributed by atoms with E-state index >= 15 is 0 Å². The monoisotopic (exact) mass is 419 g/mol. The van der Waals surface area contributed by atoms with Crippen LogP contribution in [-0.4, -0.2) is 21.4 Å². The molecule has 32 heavy (non-hydrogen) atoms. The van der Waals surface area contributed by atoms with E-state index in [0.29, 0.717) is 25.0 Å². The van der Waals surface area contributed by atoms with Gasteiger partial charge in [-0.1, -0.05) is 48.5 Å². The quantitative estimate of drug-likeness (QED) is 0.420. The van der Waals surface area contributed by atoms with Gasteiger partial charge in [-0.2, -0.15) is 5.10 Å². The average molecular weight is 419 g/mol. The molecule has 3 aromatic carbocycles. The first-order chi connectivity index (χ1) is 15.8. The van der Waals surface area contributed by atoms with Gasteiger partial charge in [-0.3, -0.25) is 9.78 Å². The number of aryl methyl sites for hydroxylation is 2. The van der Waals surface area contributed by atoms with E-state index < -0.39 is 0 Å². The summed E-state index contributed by atoms with van der Waals surface area (Å²) in [6.45, 7) is 1.19. The summed E-state index contributed by atoms with van der Waals surface area (Å²) in [5.74, 6) is 0.941. The molecule has 0 saturated heterocycles. The molecule has 0 radical (unpaired) electrons. The fraction of sp³-hybridized carbons (Fsp3) is 0.148. The Bertz CT molecular complexity index is 1540. The number of fused-ring (bicyclic) bond motifs is 3. The average Bonchev–Trinajstić information content (AvgIpc) is 3.31. The molecule has 0 fully saturated rings. The van der Waals surface area contributed by atoms with Gasteiger partial charge in [0, 0.05) is 29.3 Å². The van der Waals surface area contributed by atoms with Crippen molar-refractivity contribution in [2.45, 2.75) is 19.4 Å². The highest BCUT2D eigenvalue weighted by Crippen LogP contribution is 2.32. The molecule has 0 unspecified atom stereocenters. The van der Waals surface area contributed by atoms with Crippen LogP contribution in [0.1, 0.15) is 11.3 Å². The van der Waals surface area contributed by atoms with Crippen molar-refractivity contribution < 1.29 is 4.74 Å². The van der Waals surface area contributed by atoms with Crippen LogP contribution in [0, 0.1) is 0 Å². The van der Waals surface area contributed by atoms with E-state index in [1.54, 1.807) is 10.9 Å². The van der Waals surface area contributed by atoms with E-state index in [4.69, 9.17) is 9.72 Å². The Labute approximate surface area is 184 Å². The molecule has 3 heterocycles. The molecule has 1 aliphatic heterocycles. The third kappa shape index (κ3) is 3.23. The summed E-state index contributed by atoms with van der Waals surface area (Å²) in [5.41, 5.74) is 5.00. The molecule has 0 saturated carbocycles. The number of aromatic nitrogens is 3. The Morgan fingerprint density at radius 3 is 2.81 bits per heavy atom. The summed E-state index contributed by atoms with van der Waals surface area (Å²) in [7, 11) is 0. The van der Waals surface area contributed by atoms with E-state index in [0.717, 1.165) is 45.3 Å². The molecule has 2 aromatic heterocycles. The minimum absolute atomic E-state index is 0.0735. The highest BCUT2D eigenvalue weighted by atomic mass is 16.5. The van der Waals surface area contributed by atoms with Crippen LogP contribution >= 0.6 is 0 Å². The van der Waals surface area contributed by atoms with Gasteiger partial charge in [-0.25, -0.2) is 4.68 Å². The van der Waals surface area contributed by atoms with E-state index in [2.05, 4.69) is 17.2 Å². The van der Waals surface area contributed by atoms with E-state index in [9.17, 15) is 4.79 Å². The number of rotatable bonds is 4. The molecular formula is C27H21N3O2. The Kier molecular flexibility index (Phi) is 4.46. The number of ether oxygens (including phenoxy) is 1. The van der Waals surface area contributed by atoms with Crippen LogP contribution in [0.25, 0.3) is 32.8 Å². The van der Waals surface area contributed by atoms with E-state index in [1.807, 2.05) is 60.7 Å². The van der Waals surface area contributed by atoms with Crippen molar-refractivity contribution in [2.75, 3.05) is 6.61 Å². The summed E-state index contributed by atoms with van der Waals surface area (Å²) >= 11 is 0. The Morgan fingerprint density at radius 2 is 1.84 bits per heavy atom. The van der Waals surface area contributed by atoms with Crippen molar-refractivity contribution in [1.29, 1.82) is 0 Å². The van der Waals surface area contributed by atoms with Gasteiger partial charge in [0.15, 0.2) is 0 Å². The van der Waals surface area contributed by atoms with Crippen molar-refractivity contribution in [3.05, 3.63) is 101 Å². The Hall–Kier alpha value is -3.99. The number of para-hydroxylation sites is 1. The number of benzene rings is 3. The standard InChI is InChI=1S/C27H21N3O2/c31-27-26-21(5-3-6-23(26)19-9-11-25-20(16-19)13-15-32-25)17-28-30(27)14-12-22-10-8-18-4-1-2-7-24(18)29-22/h1-11,16-17H,12-15H2. The molecule has 5 nitrogen and oxygen atoms in total. The van der Waals surface area contributed by atoms with Gasteiger partial charge in [-0.15, -0.1) is 0 Å². The SMILES string of the molecule is O=c1c2c(-c3ccc4c(c3)CCO4)cccc2cnn1CCc1ccc2ccccc2n1. The Morgan fingerprint density at radius 1 is 0.938 bits per heavy atom. The normalized spacial score (nSPS) is 12.8. The van der Waals surface area contributed by atoms with Crippen LogP contribution in [0.3, 0.4) is 0 Å². The topological polar surface area (TPSA) is 57.0 Å². The molecule has 156 valence electrons. The number of pyridine rings is 1. The summed E-state index contributed by atoms with van der Waals surface area (Å²) in [5, 5.41) is 7.10. The van der Waals surface area contributed by atoms with Gasteiger partial charge >= 0.3 is 0 Å². The second-order valence-corrected chi connectivity index (χ2v) is 8.11. The lowest BCUT2D eigenvalue weighted by atomic mass is 9.98. The zero-order chi connectivity index (χ0) is 21.5. The molecule has 5 aromatic rings. The van der Waals surface area contributed by atoms with Crippen LogP contribution in [-0.2, 0) is 19.4 Å². The molecule has 0 N–H and O–H groups in total. The van der Waals surface area contributed by atoms with Crippen molar-refractivity contribution in [1.82, 2.24) is 14.8 Å². The zero-order valence-corrected chi connectivity index (χ0v) is 17.5. The van der Waals surface area contributed by atoms with Gasteiger partial charge in [0.1, 0.15) is 5.75 Å². The lowest BCUT2D eigenvalue weighted by molar-refractivity contribution is 0.357. The Balaban J connectivity index is 1.37. The third-order valence-corrected chi connectivity index (χ3v) is 6.12. The zero-order valence-electron chi connectivity index (χ0n) is 17.5. The summed E-state index contributed by atoms with van der Waals surface area (Å²) < 4.78 is 7.19.